The minimum atomic E-state index is -0.404. The van der Waals surface area contributed by atoms with Crippen LogP contribution in [0.5, 0.6) is 5.75 Å². The highest BCUT2D eigenvalue weighted by molar-refractivity contribution is 14.1. The van der Waals surface area contributed by atoms with Gasteiger partial charge >= 0.3 is 0 Å². The molecule has 0 aromatic heterocycles. The molecular weight excluding hydrogens is 403 g/mol. The van der Waals surface area contributed by atoms with Crippen molar-refractivity contribution in [1.29, 1.82) is 0 Å². The van der Waals surface area contributed by atoms with E-state index in [1.165, 1.54) is 31.2 Å². The zero-order valence-electron chi connectivity index (χ0n) is 14.5. The van der Waals surface area contributed by atoms with E-state index in [2.05, 4.69) is 41.6 Å². The zero-order valence-corrected chi connectivity index (χ0v) is 16.6. The van der Waals surface area contributed by atoms with E-state index in [4.69, 9.17) is 4.74 Å². The van der Waals surface area contributed by atoms with E-state index < -0.39 is 5.41 Å². The first kappa shape index (κ1) is 20.7. The summed E-state index contributed by atoms with van der Waals surface area (Å²) in [4.78, 5) is 0. The van der Waals surface area contributed by atoms with E-state index in [9.17, 15) is 10.2 Å². The van der Waals surface area contributed by atoms with Gasteiger partial charge in [0.25, 0.3) is 0 Å². The topological polar surface area (TPSA) is 49.7 Å². The Balaban J connectivity index is 2.42. The van der Waals surface area contributed by atoms with Gasteiger partial charge in [0, 0.05) is 5.41 Å². The number of halogens is 1. The van der Waals surface area contributed by atoms with Crippen molar-refractivity contribution in [3.05, 3.63) is 27.3 Å². The molecule has 1 rings (SSSR count). The molecule has 0 bridgehead atoms. The standard InChI is InChI=1S/C19H31IO3/c1-3-4-5-6-7-12-23-18-9-8-16(13-17(18)20)10-11-19(2,14-21)15-22/h8-9,13,21-22H,3-7,10-12,14-15H2,1-2H3. The molecule has 0 aliphatic carbocycles. The second-order valence-electron chi connectivity index (χ2n) is 6.65. The molecule has 0 radical (unpaired) electrons. The molecule has 0 amide bonds. The number of unbranched alkanes of at least 4 members (excludes halogenated alkanes) is 4. The van der Waals surface area contributed by atoms with Gasteiger partial charge in [-0.15, -0.1) is 0 Å². The van der Waals surface area contributed by atoms with Crippen LogP contribution in [0.2, 0.25) is 0 Å². The summed E-state index contributed by atoms with van der Waals surface area (Å²) < 4.78 is 7.00. The number of benzene rings is 1. The lowest BCUT2D eigenvalue weighted by molar-refractivity contribution is 0.0631. The normalized spacial score (nSPS) is 11.7. The Morgan fingerprint density at radius 2 is 1.78 bits per heavy atom. The first-order chi connectivity index (χ1) is 11.0. The van der Waals surface area contributed by atoms with Crippen molar-refractivity contribution in [2.45, 2.75) is 58.8 Å². The van der Waals surface area contributed by atoms with Gasteiger partial charge in [-0.25, -0.2) is 0 Å². The third kappa shape index (κ3) is 7.86. The highest BCUT2D eigenvalue weighted by atomic mass is 127. The first-order valence-corrected chi connectivity index (χ1v) is 9.75. The van der Waals surface area contributed by atoms with Crippen molar-refractivity contribution in [3.63, 3.8) is 0 Å². The predicted molar refractivity (Wildman–Crippen MR) is 104 cm³/mol. The summed E-state index contributed by atoms with van der Waals surface area (Å²) >= 11 is 2.32. The van der Waals surface area contributed by atoms with E-state index in [0.29, 0.717) is 0 Å². The summed E-state index contributed by atoms with van der Waals surface area (Å²) in [5.41, 5.74) is 0.817. The maximum Gasteiger partial charge on any atom is 0.132 e. The van der Waals surface area contributed by atoms with Gasteiger partial charge in [0.05, 0.1) is 23.4 Å². The lowest BCUT2D eigenvalue weighted by Gasteiger charge is -2.24. The predicted octanol–water partition coefficient (Wildman–Crippen LogP) is 4.56. The molecule has 0 saturated carbocycles. The average Bonchev–Trinajstić information content (AvgIpc) is 2.57. The summed E-state index contributed by atoms with van der Waals surface area (Å²) in [7, 11) is 0. The van der Waals surface area contributed by atoms with Crippen molar-refractivity contribution in [3.8, 4) is 5.75 Å². The molecule has 23 heavy (non-hydrogen) atoms. The lowest BCUT2D eigenvalue weighted by atomic mass is 9.86. The minimum Gasteiger partial charge on any atom is -0.492 e. The molecule has 4 heteroatoms. The van der Waals surface area contributed by atoms with Crippen LogP contribution in [0.1, 0.15) is 57.9 Å². The van der Waals surface area contributed by atoms with Crippen molar-refractivity contribution in [2.24, 2.45) is 5.41 Å². The van der Waals surface area contributed by atoms with E-state index in [-0.39, 0.29) is 13.2 Å². The number of aryl methyl sites for hydroxylation is 1. The summed E-state index contributed by atoms with van der Waals surface area (Å²) in [6, 6.07) is 6.27. The summed E-state index contributed by atoms with van der Waals surface area (Å²) in [5.74, 6) is 0.955. The fourth-order valence-corrected chi connectivity index (χ4v) is 3.09. The van der Waals surface area contributed by atoms with Crippen LogP contribution in [0.15, 0.2) is 18.2 Å². The molecule has 0 saturated heterocycles. The number of rotatable bonds is 12. The van der Waals surface area contributed by atoms with Gasteiger partial charge in [0.2, 0.25) is 0 Å². The molecule has 0 heterocycles. The van der Waals surface area contributed by atoms with Gasteiger partial charge in [-0.2, -0.15) is 0 Å². The Morgan fingerprint density at radius 1 is 1.09 bits per heavy atom. The van der Waals surface area contributed by atoms with Crippen molar-refractivity contribution in [1.82, 2.24) is 0 Å². The molecule has 1 aromatic rings. The molecule has 0 spiro atoms. The Hall–Kier alpha value is -0.330. The van der Waals surface area contributed by atoms with Gasteiger partial charge in [0.1, 0.15) is 5.75 Å². The molecule has 1 aromatic carbocycles. The number of hydrogen-bond donors (Lipinski definition) is 2. The van der Waals surface area contributed by atoms with Crippen LogP contribution in [0.3, 0.4) is 0 Å². The molecule has 2 N–H and O–H groups in total. The van der Waals surface area contributed by atoms with E-state index in [0.717, 1.165) is 35.2 Å². The molecule has 0 unspecified atom stereocenters. The number of aliphatic hydroxyl groups is 2. The monoisotopic (exact) mass is 434 g/mol. The molecule has 132 valence electrons. The molecular formula is C19H31IO3. The fourth-order valence-electron chi connectivity index (χ4n) is 2.36. The number of ether oxygens (including phenoxy) is 1. The zero-order chi connectivity index (χ0) is 17.1. The first-order valence-electron chi connectivity index (χ1n) is 8.67. The minimum absolute atomic E-state index is 0.0137. The highest BCUT2D eigenvalue weighted by Gasteiger charge is 2.22. The molecule has 0 fully saturated rings. The van der Waals surface area contributed by atoms with Crippen LogP contribution in [0.4, 0.5) is 0 Å². The third-order valence-corrected chi connectivity index (χ3v) is 5.13. The van der Waals surface area contributed by atoms with Crippen LogP contribution in [0, 0.1) is 8.99 Å². The Bertz CT molecular complexity index is 444. The van der Waals surface area contributed by atoms with Gasteiger partial charge < -0.3 is 14.9 Å². The average molecular weight is 434 g/mol. The second kappa shape index (κ2) is 11.3. The number of hydrogen-bond acceptors (Lipinski definition) is 3. The quantitative estimate of drug-likeness (QED) is 0.375. The van der Waals surface area contributed by atoms with Gasteiger partial charge in [-0.1, -0.05) is 45.6 Å². The van der Waals surface area contributed by atoms with Gasteiger partial charge in [-0.05, 0) is 59.5 Å². The third-order valence-electron chi connectivity index (χ3n) is 4.28. The van der Waals surface area contributed by atoms with Gasteiger partial charge in [-0.3, -0.25) is 0 Å². The SMILES string of the molecule is CCCCCCCOc1ccc(CCC(C)(CO)CO)cc1I. The smallest absolute Gasteiger partial charge is 0.132 e. The lowest BCUT2D eigenvalue weighted by Crippen LogP contribution is -2.26. The summed E-state index contributed by atoms with van der Waals surface area (Å²) in [6.07, 6.45) is 7.86. The molecule has 0 aliphatic rings. The van der Waals surface area contributed by atoms with Crippen molar-refractivity contribution >= 4 is 22.6 Å². The van der Waals surface area contributed by atoms with Crippen LogP contribution in [-0.2, 0) is 6.42 Å². The van der Waals surface area contributed by atoms with E-state index in [1.54, 1.807) is 0 Å². The largest absolute Gasteiger partial charge is 0.492 e. The Kier molecular flexibility index (Phi) is 10.1. The van der Waals surface area contributed by atoms with E-state index >= 15 is 0 Å². The van der Waals surface area contributed by atoms with Crippen LogP contribution in [-0.4, -0.2) is 30.0 Å². The fraction of sp³-hybridized carbons (Fsp3) is 0.684. The Labute approximate surface area is 154 Å². The van der Waals surface area contributed by atoms with E-state index in [1.807, 2.05) is 13.0 Å². The maximum atomic E-state index is 9.35. The number of aliphatic hydroxyl groups excluding tert-OH is 2. The summed E-state index contributed by atoms with van der Waals surface area (Å²) in [5, 5.41) is 18.7. The Morgan fingerprint density at radius 3 is 2.39 bits per heavy atom. The van der Waals surface area contributed by atoms with Crippen molar-refractivity contribution < 1.29 is 14.9 Å². The van der Waals surface area contributed by atoms with Gasteiger partial charge in [0.15, 0.2) is 0 Å². The van der Waals surface area contributed by atoms with Crippen molar-refractivity contribution in [2.75, 3.05) is 19.8 Å². The second-order valence-corrected chi connectivity index (χ2v) is 7.82. The van der Waals surface area contributed by atoms with Crippen LogP contribution >= 0.6 is 22.6 Å². The maximum absolute atomic E-state index is 9.35. The highest BCUT2D eigenvalue weighted by Crippen LogP contribution is 2.26. The summed E-state index contributed by atoms with van der Waals surface area (Å²) in [6.45, 7) is 4.95. The molecule has 0 atom stereocenters. The molecule has 0 aliphatic heterocycles. The van der Waals surface area contributed by atoms with Crippen LogP contribution in [0.25, 0.3) is 0 Å². The molecule has 3 nitrogen and oxygen atoms in total. The van der Waals surface area contributed by atoms with Crippen LogP contribution < -0.4 is 4.74 Å².